The van der Waals surface area contributed by atoms with Crippen LogP contribution in [-0.2, 0) is 17.6 Å². The number of carbonyl (C=O) groups excluding carboxylic acids is 1. The Bertz CT molecular complexity index is 337. The van der Waals surface area contributed by atoms with Gasteiger partial charge in [0.2, 0.25) is 0 Å². The van der Waals surface area contributed by atoms with Gasteiger partial charge in [0.25, 0.3) is 0 Å². The second-order valence-corrected chi connectivity index (χ2v) is 5.14. The van der Waals surface area contributed by atoms with Crippen molar-refractivity contribution in [3.8, 4) is 0 Å². The van der Waals surface area contributed by atoms with Crippen LogP contribution in [0.5, 0.6) is 0 Å². The first kappa shape index (κ1) is 14.0. The molecule has 1 rings (SSSR count). The zero-order valence-electron chi connectivity index (χ0n) is 11.3. The Labute approximate surface area is 105 Å². The fourth-order valence-electron chi connectivity index (χ4n) is 2.19. The van der Waals surface area contributed by atoms with Crippen LogP contribution >= 0.6 is 0 Å². The van der Waals surface area contributed by atoms with Crippen molar-refractivity contribution in [3.63, 3.8) is 0 Å². The minimum absolute atomic E-state index is 0.289. The van der Waals surface area contributed by atoms with E-state index in [2.05, 4.69) is 38.1 Å². The number of hydrogen-bond donors (Lipinski definition) is 0. The Morgan fingerprint density at radius 1 is 1.18 bits per heavy atom. The van der Waals surface area contributed by atoms with E-state index in [1.54, 1.807) is 6.92 Å². The Balaban J connectivity index is 2.47. The molecule has 0 saturated carbocycles. The van der Waals surface area contributed by atoms with Crippen LogP contribution in [0.3, 0.4) is 0 Å². The van der Waals surface area contributed by atoms with Crippen LogP contribution in [0.25, 0.3) is 0 Å². The summed E-state index contributed by atoms with van der Waals surface area (Å²) in [6.45, 7) is 6.04. The molecule has 0 saturated heterocycles. The van der Waals surface area contributed by atoms with Crippen molar-refractivity contribution in [3.05, 3.63) is 35.4 Å². The minimum atomic E-state index is 0.289. The Morgan fingerprint density at radius 3 is 2.29 bits per heavy atom. The van der Waals surface area contributed by atoms with E-state index in [1.165, 1.54) is 30.4 Å². The van der Waals surface area contributed by atoms with E-state index in [0.29, 0.717) is 12.3 Å². The number of rotatable bonds is 7. The van der Waals surface area contributed by atoms with Gasteiger partial charge in [0.05, 0.1) is 0 Å². The fourth-order valence-corrected chi connectivity index (χ4v) is 2.19. The van der Waals surface area contributed by atoms with Gasteiger partial charge >= 0.3 is 0 Å². The average molecular weight is 232 g/mol. The predicted octanol–water partition coefficient (Wildman–Crippen LogP) is 4.19. The molecule has 17 heavy (non-hydrogen) atoms. The Morgan fingerprint density at radius 2 is 1.76 bits per heavy atom. The summed E-state index contributed by atoms with van der Waals surface area (Å²) in [5.74, 6) is 0.742. The summed E-state index contributed by atoms with van der Waals surface area (Å²) in [5.41, 5.74) is 2.77. The third-order valence-corrected chi connectivity index (χ3v) is 3.06. The molecule has 1 unspecified atom stereocenters. The first-order chi connectivity index (χ1) is 8.11. The lowest BCUT2D eigenvalue weighted by Gasteiger charge is -2.10. The summed E-state index contributed by atoms with van der Waals surface area (Å²) in [4.78, 5) is 11.0. The van der Waals surface area contributed by atoms with E-state index in [1.807, 2.05) is 0 Å². The molecule has 0 aliphatic heterocycles. The molecule has 0 fully saturated rings. The van der Waals surface area contributed by atoms with Crippen molar-refractivity contribution in [2.75, 3.05) is 0 Å². The van der Waals surface area contributed by atoms with Crippen molar-refractivity contribution >= 4 is 5.78 Å². The third kappa shape index (κ3) is 5.67. The monoisotopic (exact) mass is 232 g/mol. The molecule has 1 aromatic carbocycles. The maximum Gasteiger partial charge on any atom is 0.130 e. The number of carbonyl (C=O) groups is 1. The van der Waals surface area contributed by atoms with E-state index < -0.39 is 0 Å². The third-order valence-electron chi connectivity index (χ3n) is 3.06. The maximum absolute atomic E-state index is 11.0. The van der Waals surface area contributed by atoms with Crippen LogP contribution in [0.2, 0.25) is 0 Å². The lowest BCUT2D eigenvalue weighted by Crippen LogP contribution is -2.05. The zero-order valence-corrected chi connectivity index (χ0v) is 11.3. The quantitative estimate of drug-likeness (QED) is 0.689. The van der Waals surface area contributed by atoms with Gasteiger partial charge in [0, 0.05) is 6.42 Å². The van der Waals surface area contributed by atoms with Crippen LogP contribution in [-0.4, -0.2) is 5.78 Å². The van der Waals surface area contributed by atoms with Gasteiger partial charge in [-0.2, -0.15) is 0 Å². The van der Waals surface area contributed by atoms with Crippen LogP contribution in [0.1, 0.15) is 51.2 Å². The number of benzene rings is 1. The van der Waals surface area contributed by atoms with Gasteiger partial charge in [-0.3, -0.25) is 0 Å². The molecule has 1 heteroatoms. The molecule has 0 aromatic heterocycles. The normalized spacial score (nSPS) is 12.4. The van der Waals surface area contributed by atoms with Crippen molar-refractivity contribution in [2.24, 2.45) is 5.92 Å². The summed E-state index contributed by atoms with van der Waals surface area (Å²) in [6, 6.07) is 8.88. The first-order valence-corrected chi connectivity index (χ1v) is 6.69. The van der Waals surface area contributed by atoms with E-state index in [0.717, 1.165) is 6.42 Å². The molecular formula is C16H24O. The molecule has 1 atom stereocenters. The molecular weight excluding hydrogens is 208 g/mol. The standard InChI is InChI=1S/C16H24O/c1-4-5-6-15-7-9-16(10-8-15)12-13(2)11-14(3)17/h7-10,13H,4-6,11-12H2,1-3H3. The van der Waals surface area contributed by atoms with Crippen LogP contribution < -0.4 is 0 Å². The van der Waals surface area contributed by atoms with Crippen LogP contribution in [0, 0.1) is 5.92 Å². The SMILES string of the molecule is CCCCc1ccc(CC(C)CC(C)=O)cc1. The van der Waals surface area contributed by atoms with Crippen LogP contribution in [0.4, 0.5) is 0 Å². The van der Waals surface area contributed by atoms with E-state index in [-0.39, 0.29) is 5.78 Å². The maximum atomic E-state index is 11.0. The van der Waals surface area contributed by atoms with Gasteiger partial charge in [0.15, 0.2) is 0 Å². The van der Waals surface area contributed by atoms with Crippen molar-refractivity contribution in [1.29, 1.82) is 0 Å². The molecule has 0 N–H and O–H groups in total. The molecule has 94 valence electrons. The van der Waals surface area contributed by atoms with Gasteiger partial charge in [-0.25, -0.2) is 0 Å². The minimum Gasteiger partial charge on any atom is -0.300 e. The average Bonchev–Trinajstić information content (AvgIpc) is 2.27. The van der Waals surface area contributed by atoms with E-state index >= 15 is 0 Å². The Kier molecular flexibility index (Phi) is 5.96. The molecule has 0 spiro atoms. The van der Waals surface area contributed by atoms with Gasteiger partial charge in [-0.05, 0) is 43.2 Å². The lowest BCUT2D eigenvalue weighted by molar-refractivity contribution is -0.117. The lowest BCUT2D eigenvalue weighted by atomic mass is 9.95. The highest BCUT2D eigenvalue weighted by Crippen LogP contribution is 2.14. The molecule has 0 amide bonds. The first-order valence-electron chi connectivity index (χ1n) is 6.69. The second-order valence-electron chi connectivity index (χ2n) is 5.14. The van der Waals surface area contributed by atoms with Gasteiger partial charge in [0.1, 0.15) is 5.78 Å². The predicted molar refractivity (Wildman–Crippen MR) is 73.2 cm³/mol. The molecule has 1 aromatic rings. The highest BCUT2D eigenvalue weighted by molar-refractivity contribution is 5.75. The largest absolute Gasteiger partial charge is 0.300 e. The van der Waals surface area contributed by atoms with E-state index in [4.69, 9.17) is 0 Å². The highest BCUT2D eigenvalue weighted by Gasteiger charge is 2.06. The zero-order chi connectivity index (χ0) is 12.7. The van der Waals surface area contributed by atoms with Crippen molar-refractivity contribution < 1.29 is 4.79 Å². The number of ketones is 1. The summed E-state index contributed by atoms with van der Waals surface area (Å²) >= 11 is 0. The summed E-state index contributed by atoms with van der Waals surface area (Å²) in [6.07, 6.45) is 5.39. The van der Waals surface area contributed by atoms with Gasteiger partial charge in [-0.15, -0.1) is 0 Å². The number of hydrogen-bond acceptors (Lipinski definition) is 1. The topological polar surface area (TPSA) is 17.1 Å². The highest BCUT2D eigenvalue weighted by atomic mass is 16.1. The molecule has 0 aliphatic carbocycles. The molecule has 0 heterocycles. The Hall–Kier alpha value is -1.11. The summed E-state index contributed by atoms with van der Waals surface area (Å²) in [5, 5.41) is 0. The number of Topliss-reactive ketones (excluding diaryl/α,β-unsaturated/α-hetero) is 1. The number of unbranched alkanes of at least 4 members (excludes halogenated alkanes) is 1. The molecule has 1 nitrogen and oxygen atoms in total. The van der Waals surface area contributed by atoms with Crippen molar-refractivity contribution in [2.45, 2.75) is 52.9 Å². The molecule has 0 bridgehead atoms. The smallest absolute Gasteiger partial charge is 0.130 e. The van der Waals surface area contributed by atoms with Crippen molar-refractivity contribution in [1.82, 2.24) is 0 Å². The van der Waals surface area contributed by atoms with Crippen LogP contribution in [0.15, 0.2) is 24.3 Å². The summed E-state index contributed by atoms with van der Waals surface area (Å²) < 4.78 is 0. The van der Waals surface area contributed by atoms with E-state index in [9.17, 15) is 4.79 Å². The number of aryl methyl sites for hydroxylation is 1. The molecule has 0 radical (unpaired) electrons. The van der Waals surface area contributed by atoms with Gasteiger partial charge < -0.3 is 4.79 Å². The fraction of sp³-hybridized carbons (Fsp3) is 0.562. The van der Waals surface area contributed by atoms with Gasteiger partial charge in [-0.1, -0.05) is 44.5 Å². The summed E-state index contributed by atoms with van der Waals surface area (Å²) in [7, 11) is 0. The second kappa shape index (κ2) is 7.26. The molecule has 0 aliphatic rings.